The molecule has 0 aromatic heterocycles. The molecule has 1 fully saturated rings. The lowest BCUT2D eigenvalue weighted by Gasteiger charge is -2.45. The number of likely N-dealkylation sites (tertiary alicyclic amines) is 1. The molecule has 0 aromatic carbocycles. The molecule has 1 aliphatic rings. The van der Waals surface area contributed by atoms with Crippen LogP contribution >= 0.6 is 22.5 Å². The summed E-state index contributed by atoms with van der Waals surface area (Å²) in [6, 6.07) is 2.25. The van der Waals surface area contributed by atoms with Crippen molar-refractivity contribution >= 4 is 22.5 Å². The van der Waals surface area contributed by atoms with Gasteiger partial charge in [0.05, 0.1) is 16.9 Å². The smallest absolute Gasteiger partial charge is 0.0718 e. The Morgan fingerprint density at radius 2 is 2.18 bits per heavy atom. The molecule has 0 amide bonds. The zero-order chi connectivity index (χ0) is 8.48. The highest BCUT2D eigenvalue weighted by atomic mass is 33.1. The maximum atomic E-state index is 8.54. The lowest BCUT2D eigenvalue weighted by atomic mass is 10.0. The van der Waals surface area contributed by atoms with Crippen LogP contribution in [0.1, 0.15) is 13.8 Å². The number of hydrogen-bond donors (Lipinski definition) is 1. The van der Waals surface area contributed by atoms with Gasteiger partial charge in [-0.3, -0.25) is 4.90 Å². The molecule has 1 rings (SSSR count). The third-order valence-corrected chi connectivity index (χ3v) is 4.09. The number of nitrogens with zero attached hydrogens (tertiary/aromatic N) is 2. The Morgan fingerprint density at radius 3 is 2.55 bits per heavy atom. The molecular weight excluding hydrogens is 176 g/mol. The van der Waals surface area contributed by atoms with Crippen molar-refractivity contribution < 1.29 is 0 Å². The van der Waals surface area contributed by atoms with Gasteiger partial charge < -0.3 is 0 Å². The summed E-state index contributed by atoms with van der Waals surface area (Å²) in [4.78, 5) is 2.34. The quantitative estimate of drug-likeness (QED) is 0.528. The van der Waals surface area contributed by atoms with Gasteiger partial charge in [-0.25, -0.2) is 0 Å². The minimum absolute atomic E-state index is 0.0798. The van der Waals surface area contributed by atoms with Gasteiger partial charge in [0.1, 0.15) is 0 Å². The van der Waals surface area contributed by atoms with E-state index in [-0.39, 0.29) is 10.8 Å². The molecule has 0 radical (unpaired) electrons. The second-order valence-corrected chi connectivity index (χ2v) is 5.00. The van der Waals surface area contributed by atoms with E-state index in [1.807, 2.05) is 0 Å². The van der Waals surface area contributed by atoms with Gasteiger partial charge in [-0.05, 0) is 13.8 Å². The first-order valence-corrected chi connectivity index (χ1v) is 5.44. The first kappa shape index (κ1) is 9.24. The van der Waals surface area contributed by atoms with Crippen molar-refractivity contribution in [2.75, 3.05) is 13.1 Å². The van der Waals surface area contributed by atoms with E-state index in [9.17, 15) is 0 Å². The van der Waals surface area contributed by atoms with E-state index in [4.69, 9.17) is 5.26 Å². The molecule has 1 aliphatic heterocycles. The summed E-state index contributed by atoms with van der Waals surface area (Å²) in [6.07, 6.45) is 0. The van der Waals surface area contributed by atoms with Crippen molar-refractivity contribution in [1.29, 1.82) is 5.26 Å². The minimum atomic E-state index is 0.0798. The van der Waals surface area contributed by atoms with Gasteiger partial charge in [-0.15, -0.1) is 11.7 Å². The van der Waals surface area contributed by atoms with Crippen LogP contribution in [-0.4, -0.2) is 22.9 Å². The largest absolute Gasteiger partial charge is 0.286 e. The van der Waals surface area contributed by atoms with Crippen molar-refractivity contribution in [2.24, 2.45) is 5.92 Å². The van der Waals surface area contributed by atoms with E-state index in [0.717, 1.165) is 13.1 Å². The molecule has 1 heterocycles. The second kappa shape index (κ2) is 3.26. The monoisotopic (exact) mass is 188 g/mol. The Balaban J connectivity index is 2.38. The number of hydrogen-bond acceptors (Lipinski definition) is 4. The third-order valence-electron chi connectivity index (χ3n) is 2.05. The van der Waals surface area contributed by atoms with E-state index < -0.39 is 0 Å². The maximum absolute atomic E-state index is 8.54. The van der Waals surface area contributed by atoms with E-state index in [1.54, 1.807) is 0 Å². The summed E-state index contributed by atoms with van der Waals surface area (Å²) < 4.78 is 0. The first-order valence-electron chi connectivity index (χ1n) is 3.57. The molecule has 0 aliphatic carbocycles. The summed E-state index contributed by atoms with van der Waals surface area (Å²) in [5.74, 6) is 0.245. The molecule has 0 bridgehead atoms. The zero-order valence-corrected chi connectivity index (χ0v) is 8.45. The maximum Gasteiger partial charge on any atom is 0.0718 e. The molecule has 0 N–H and O–H groups in total. The molecule has 11 heavy (non-hydrogen) atoms. The van der Waals surface area contributed by atoms with Crippen LogP contribution in [0, 0.1) is 17.2 Å². The average Bonchev–Trinajstić information content (AvgIpc) is 1.85. The van der Waals surface area contributed by atoms with Crippen LogP contribution < -0.4 is 0 Å². The van der Waals surface area contributed by atoms with Gasteiger partial charge in [-0.1, -0.05) is 10.8 Å². The molecule has 0 saturated carbocycles. The van der Waals surface area contributed by atoms with E-state index in [1.165, 1.54) is 10.8 Å². The molecule has 1 saturated heterocycles. The summed E-state index contributed by atoms with van der Waals surface area (Å²) in [5, 5.41) is 8.54. The van der Waals surface area contributed by atoms with Crippen LogP contribution in [0.2, 0.25) is 0 Å². The first-order chi connectivity index (χ1) is 5.10. The Labute approximate surface area is 76.8 Å². The van der Waals surface area contributed by atoms with Gasteiger partial charge in [0.25, 0.3) is 0 Å². The van der Waals surface area contributed by atoms with E-state index in [0.29, 0.717) is 0 Å². The molecular formula is C7H12N2S2. The fourth-order valence-electron chi connectivity index (χ4n) is 1.06. The van der Waals surface area contributed by atoms with Gasteiger partial charge >= 0.3 is 0 Å². The molecule has 0 unspecified atom stereocenters. The van der Waals surface area contributed by atoms with Crippen molar-refractivity contribution in [3.05, 3.63) is 0 Å². The normalized spacial score (nSPS) is 20.9. The fraction of sp³-hybridized carbons (Fsp3) is 0.857. The molecule has 0 aromatic rings. The van der Waals surface area contributed by atoms with Gasteiger partial charge in [0, 0.05) is 13.1 Å². The van der Waals surface area contributed by atoms with Crippen molar-refractivity contribution in [1.82, 2.24) is 4.90 Å². The second-order valence-electron chi connectivity index (χ2n) is 3.27. The van der Waals surface area contributed by atoms with Crippen molar-refractivity contribution in [2.45, 2.75) is 18.7 Å². The van der Waals surface area contributed by atoms with Crippen molar-refractivity contribution in [3.63, 3.8) is 0 Å². The van der Waals surface area contributed by atoms with E-state index in [2.05, 4.69) is 36.5 Å². The van der Waals surface area contributed by atoms with Crippen LogP contribution in [-0.2, 0) is 0 Å². The van der Waals surface area contributed by atoms with Gasteiger partial charge in [-0.2, -0.15) is 5.26 Å². The molecule has 62 valence electrons. The van der Waals surface area contributed by atoms with Gasteiger partial charge in [0.15, 0.2) is 0 Å². The standard InChI is InChI=1S/C7H12N2S2/c1-7(2,11-10)9-4-6(3-8)5-9/h6,10H,4-5H2,1-2H3. The number of thiol groups is 1. The van der Waals surface area contributed by atoms with Crippen LogP contribution in [0.5, 0.6) is 0 Å². The van der Waals surface area contributed by atoms with Crippen LogP contribution in [0.4, 0.5) is 0 Å². The van der Waals surface area contributed by atoms with E-state index >= 15 is 0 Å². The molecule has 0 atom stereocenters. The summed E-state index contributed by atoms with van der Waals surface area (Å²) in [7, 11) is 1.53. The average molecular weight is 188 g/mol. The molecule has 4 heteroatoms. The Kier molecular flexibility index (Phi) is 2.74. The highest BCUT2D eigenvalue weighted by Gasteiger charge is 2.36. The highest BCUT2D eigenvalue weighted by Crippen LogP contribution is 2.36. The fourth-order valence-corrected chi connectivity index (χ4v) is 1.67. The number of rotatable bonds is 2. The zero-order valence-electron chi connectivity index (χ0n) is 6.74. The highest BCUT2D eigenvalue weighted by molar-refractivity contribution is 8.69. The van der Waals surface area contributed by atoms with Crippen molar-refractivity contribution in [3.8, 4) is 6.07 Å². The summed E-state index contributed by atoms with van der Waals surface area (Å²) in [6.45, 7) is 6.05. The Bertz CT molecular complexity index is 179. The Hall–Kier alpha value is 0.150. The molecule has 0 spiro atoms. The van der Waals surface area contributed by atoms with Gasteiger partial charge in [0.2, 0.25) is 0 Å². The predicted octanol–water partition coefficient (Wildman–Crippen LogP) is 1.76. The van der Waals surface area contributed by atoms with Crippen LogP contribution in [0.15, 0.2) is 0 Å². The minimum Gasteiger partial charge on any atom is -0.286 e. The lowest BCUT2D eigenvalue weighted by molar-refractivity contribution is 0.0802. The van der Waals surface area contributed by atoms with Crippen LogP contribution in [0.25, 0.3) is 0 Å². The third kappa shape index (κ3) is 1.84. The van der Waals surface area contributed by atoms with Crippen LogP contribution in [0.3, 0.4) is 0 Å². The summed E-state index contributed by atoms with van der Waals surface area (Å²) >= 11 is 4.18. The predicted molar refractivity (Wildman–Crippen MR) is 51.3 cm³/mol. The SMILES string of the molecule is CC(C)(SS)N1CC(C#N)C1. The topological polar surface area (TPSA) is 27.0 Å². The lowest BCUT2D eigenvalue weighted by Crippen LogP contribution is -2.54. The molecule has 2 nitrogen and oxygen atoms in total. The number of nitriles is 1. The Morgan fingerprint density at radius 1 is 1.64 bits per heavy atom. The summed E-state index contributed by atoms with van der Waals surface area (Å²) in [5.41, 5.74) is 0.